The molecule has 0 saturated heterocycles. The lowest BCUT2D eigenvalue weighted by molar-refractivity contribution is -0.144. The summed E-state index contributed by atoms with van der Waals surface area (Å²) < 4.78 is 0. The van der Waals surface area contributed by atoms with Crippen molar-refractivity contribution in [3.05, 3.63) is 40.8 Å². The van der Waals surface area contributed by atoms with Crippen LogP contribution in [0, 0.1) is 10.8 Å². The molecule has 0 aliphatic carbocycles. The first-order chi connectivity index (χ1) is 7.53. The number of carboxylic acids is 1. The van der Waals surface area contributed by atoms with Crippen LogP contribution in [0.25, 0.3) is 0 Å². The molecule has 0 amide bonds. The van der Waals surface area contributed by atoms with E-state index in [0.29, 0.717) is 5.56 Å². The number of rotatable bonds is 5. The van der Waals surface area contributed by atoms with Crippen molar-refractivity contribution in [2.75, 3.05) is 0 Å². The predicted octanol–water partition coefficient (Wildman–Crippen LogP) is 2.78. The Hall–Kier alpha value is -1.71. The lowest BCUT2D eigenvalue weighted by Gasteiger charge is -2.23. The third kappa shape index (κ3) is 2.27. The lowest BCUT2D eigenvalue weighted by atomic mass is 9.83. The van der Waals surface area contributed by atoms with Crippen molar-refractivity contribution in [3.63, 3.8) is 0 Å². The second-order valence-corrected chi connectivity index (χ2v) is 4.22. The summed E-state index contributed by atoms with van der Waals surface area (Å²) in [6, 6.07) is 8.43. The highest BCUT2D eigenvalue weighted by atomic mass is 16.4. The molecule has 0 heterocycles. The average molecular weight is 221 g/mol. The zero-order valence-electron chi connectivity index (χ0n) is 9.38. The molecule has 16 heavy (non-hydrogen) atoms. The van der Waals surface area contributed by atoms with Crippen LogP contribution in [0.5, 0.6) is 0 Å². The van der Waals surface area contributed by atoms with Crippen molar-refractivity contribution in [1.82, 2.24) is 0 Å². The van der Waals surface area contributed by atoms with Gasteiger partial charge in [0.05, 0.1) is 0 Å². The van der Waals surface area contributed by atoms with Gasteiger partial charge >= 0.3 is 5.97 Å². The zero-order valence-corrected chi connectivity index (χ0v) is 9.38. The molecule has 4 heteroatoms. The first kappa shape index (κ1) is 12.4. The van der Waals surface area contributed by atoms with Gasteiger partial charge in [-0.05, 0) is 23.1 Å². The van der Waals surface area contributed by atoms with Gasteiger partial charge in [-0.1, -0.05) is 44.2 Å². The summed E-state index contributed by atoms with van der Waals surface area (Å²) in [5.41, 5.74) is -1.22. The molecule has 1 aromatic rings. The summed E-state index contributed by atoms with van der Waals surface area (Å²) in [4.78, 5) is 22.3. The normalized spacial score (nSPS) is 14.4. The van der Waals surface area contributed by atoms with E-state index in [2.05, 4.69) is 5.18 Å². The Labute approximate surface area is 94.3 Å². The molecule has 4 nitrogen and oxygen atoms in total. The van der Waals surface area contributed by atoms with Crippen LogP contribution in [0.15, 0.2) is 35.5 Å². The highest BCUT2D eigenvalue weighted by molar-refractivity contribution is 5.81. The Morgan fingerprint density at radius 2 is 1.94 bits per heavy atom. The highest BCUT2D eigenvalue weighted by Crippen LogP contribution is 2.33. The Morgan fingerprint density at radius 1 is 1.38 bits per heavy atom. The molecular formula is C12H15NO3. The van der Waals surface area contributed by atoms with E-state index in [4.69, 9.17) is 0 Å². The number of hydrogen-bond donors (Lipinski definition) is 1. The maximum absolute atomic E-state index is 11.3. The first-order valence-electron chi connectivity index (χ1n) is 5.16. The molecule has 0 aromatic heterocycles. The Morgan fingerprint density at radius 3 is 2.31 bits per heavy atom. The van der Waals surface area contributed by atoms with Crippen LogP contribution in [0.3, 0.4) is 0 Å². The van der Waals surface area contributed by atoms with Gasteiger partial charge in [-0.2, -0.15) is 0 Å². The van der Waals surface area contributed by atoms with Crippen LogP contribution in [0.1, 0.15) is 25.8 Å². The van der Waals surface area contributed by atoms with E-state index >= 15 is 0 Å². The number of carboxylic acid groups (broad SMARTS) is 1. The van der Waals surface area contributed by atoms with Crippen molar-refractivity contribution in [2.24, 2.45) is 11.1 Å². The van der Waals surface area contributed by atoms with Crippen molar-refractivity contribution >= 4 is 5.97 Å². The number of aliphatic carboxylic acids is 1. The Balaban J connectivity index is 3.23. The molecule has 0 unspecified atom stereocenters. The van der Waals surface area contributed by atoms with Gasteiger partial charge < -0.3 is 5.11 Å². The van der Waals surface area contributed by atoms with E-state index in [1.54, 1.807) is 30.3 Å². The summed E-state index contributed by atoms with van der Waals surface area (Å²) in [7, 11) is 0. The van der Waals surface area contributed by atoms with Crippen LogP contribution < -0.4 is 0 Å². The van der Waals surface area contributed by atoms with Gasteiger partial charge in [0.15, 0.2) is 0 Å². The zero-order chi connectivity index (χ0) is 12.2. The van der Waals surface area contributed by atoms with E-state index < -0.39 is 11.5 Å². The highest BCUT2D eigenvalue weighted by Gasteiger charge is 2.42. The molecule has 86 valence electrons. The molecular weight excluding hydrogens is 206 g/mol. The average Bonchev–Trinajstić information content (AvgIpc) is 2.26. The molecule has 1 rings (SSSR count). The Bertz CT molecular complexity index is 375. The summed E-state index contributed by atoms with van der Waals surface area (Å²) in [6.07, 6.45) is 0.204. The largest absolute Gasteiger partial charge is 0.479 e. The van der Waals surface area contributed by atoms with Gasteiger partial charge in [0.2, 0.25) is 5.54 Å². The maximum Gasteiger partial charge on any atom is 0.340 e. The predicted molar refractivity (Wildman–Crippen MR) is 61.0 cm³/mol. The summed E-state index contributed by atoms with van der Waals surface area (Å²) in [5, 5.41) is 12.1. The smallest absolute Gasteiger partial charge is 0.340 e. The summed E-state index contributed by atoms with van der Waals surface area (Å²) in [6.45, 7) is 3.73. The second-order valence-electron chi connectivity index (χ2n) is 4.22. The third-order valence-corrected chi connectivity index (χ3v) is 2.46. The third-order valence-electron chi connectivity index (χ3n) is 2.46. The van der Waals surface area contributed by atoms with Gasteiger partial charge in [-0.25, -0.2) is 4.79 Å². The fourth-order valence-corrected chi connectivity index (χ4v) is 1.76. The SMILES string of the molecule is CC(C)C[C@](N=O)(C(=O)O)c1ccccc1. The van der Waals surface area contributed by atoms with Crippen LogP contribution in [0.4, 0.5) is 0 Å². The molecule has 1 aromatic carbocycles. The summed E-state index contributed by atoms with van der Waals surface area (Å²) >= 11 is 0. The van der Waals surface area contributed by atoms with Gasteiger partial charge in [0.1, 0.15) is 0 Å². The van der Waals surface area contributed by atoms with Crippen LogP contribution >= 0.6 is 0 Å². The standard InChI is InChI=1S/C12H15NO3/c1-9(2)8-12(13-16,11(14)15)10-6-4-3-5-7-10/h3-7,9H,8H2,1-2H3,(H,14,15)/t12-/m1/s1. The quantitative estimate of drug-likeness (QED) is 0.777. The number of carbonyl (C=O) groups is 1. The molecule has 1 atom stereocenters. The van der Waals surface area contributed by atoms with E-state index in [0.717, 1.165) is 0 Å². The fourth-order valence-electron chi connectivity index (χ4n) is 1.76. The molecule has 0 aliphatic heterocycles. The topological polar surface area (TPSA) is 66.7 Å². The number of hydrogen-bond acceptors (Lipinski definition) is 3. The summed E-state index contributed by atoms with van der Waals surface area (Å²) in [5.74, 6) is -1.11. The molecule has 0 saturated carbocycles. The monoisotopic (exact) mass is 221 g/mol. The molecule has 1 N–H and O–H groups in total. The lowest BCUT2D eigenvalue weighted by Crippen LogP contribution is -2.34. The number of benzene rings is 1. The Kier molecular flexibility index (Phi) is 3.77. The van der Waals surface area contributed by atoms with Gasteiger partial charge in [0.25, 0.3) is 0 Å². The van der Waals surface area contributed by atoms with Crippen LogP contribution in [0.2, 0.25) is 0 Å². The minimum absolute atomic E-state index is 0.0778. The minimum atomic E-state index is -1.66. The molecule has 0 radical (unpaired) electrons. The first-order valence-corrected chi connectivity index (χ1v) is 5.16. The van der Waals surface area contributed by atoms with Crippen molar-refractivity contribution < 1.29 is 9.90 Å². The van der Waals surface area contributed by atoms with Gasteiger partial charge in [-0.15, -0.1) is 4.91 Å². The van der Waals surface area contributed by atoms with E-state index in [9.17, 15) is 14.8 Å². The number of nitrogens with zero attached hydrogens (tertiary/aromatic N) is 1. The molecule has 0 aliphatic rings. The second kappa shape index (κ2) is 4.88. The maximum atomic E-state index is 11.3. The van der Waals surface area contributed by atoms with Crippen molar-refractivity contribution in [2.45, 2.75) is 25.8 Å². The van der Waals surface area contributed by atoms with Gasteiger partial charge in [0, 0.05) is 0 Å². The van der Waals surface area contributed by atoms with E-state index in [-0.39, 0.29) is 12.3 Å². The molecule has 0 spiro atoms. The van der Waals surface area contributed by atoms with Gasteiger partial charge in [-0.3, -0.25) is 0 Å². The van der Waals surface area contributed by atoms with Crippen LogP contribution in [-0.4, -0.2) is 11.1 Å². The molecule has 0 bridgehead atoms. The van der Waals surface area contributed by atoms with Crippen molar-refractivity contribution in [3.8, 4) is 0 Å². The van der Waals surface area contributed by atoms with E-state index in [1.165, 1.54) is 0 Å². The minimum Gasteiger partial charge on any atom is -0.479 e. The van der Waals surface area contributed by atoms with Crippen molar-refractivity contribution in [1.29, 1.82) is 0 Å². The number of nitroso groups, excluding NO2 is 1. The van der Waals surface area contributed by atoms with Crippen LogP contribution in [-0.2, 0) is 10.3 Å². The molecule has 0 fully saturated rings. The fraction of sp³-hybridized carbons (Fsp3) is 0.417. The van der Waals surface area contributed by atoms with E-state index in [1.807, 2.05) is 13.8 Å².